The van der Waals surface area contributed by atoms with Crippen molar-refractivity contribution in [1.82, 2.24) is 4.90 Å². The quantitative estimate of drug-likeness (QED) is 0.906. The molecule has 1 heterocycles. The highest BCUT2D eigenvalue weighted by atomic mass is 16.2. The second-order valence-corrected chi connectivity index (χ2v) is 7.10. The molecule has 5 nitrogen and oxygen atoms in total. The molecule has 1 fully saturated rings. The van der Waals surface area contributed by atoms with Crippen molar-refractivity contribution in [2.75, 3.05) is 36.4 Å². The van der Waals surface area contributed by atoms with Crippen molar-refractivity contribution in [1.29, 1.82) is 5.26 Å². The normalized spacial score (nSPS) is 15.9. The summed E-state index contributed by atoms with van der Waals surface area (Å²) < 4.78 is 0. The van der Waals surface area contributed by atoms with E-state index in [4.69, 9.17) is 5.26 Å². The van der Waals surface area contributed by atoms with Crippen molar-refractivity contribution >= 4 is 17.3 Å². The van der Waals surface area contributed by atoms with Gasteiger partial charge in [0.2, 0.25) is 5.91 Å². The molecule has 1 aliphatic rings. The fraction of sp³-hybridized carbons (Fsp3) is 0.364. The van der Waals surface area contributed by atoms with Crippen LogP contribution in [0.25, 0.3) is 0 Å². The van der Waals surface area contributed by atoms with E-state index in [1.54, 1.807) is 18.2 Å². The summed E-state index contributed by atoms with van der Waals surface area (Å²) in [6.45, 7) is 9.76. The number of piperazine rings is 1. The lowest BCUT2D eigenvalue weighted by Crippen LogP contribution is -2.53. The summed E-state index contributed by atoms with van der Waals surface area (Å²) >= 11 is 0. The molecule has 1 N–H and O–H groups in total. The molecule has 0 radical (unpaired) electrons. The average Bonchev–Trinajstić information content (AvgIpc) is 2.70. The van der Waals surface area contributed by atoms with Crippen LogP contribution in [0.4, 0.5) is 11.4 Å². The number of amides is 1. The SMILES string of the molecule is Cc1cccc(N2CCN([C@@H](C)C(=O)Nc3cccc(C#N)c3)CC2)c1C. The van der Waals surface area contributed by atoms with Crippen LogP contribution in [-0.2, 0) is 4.79 Å². The molecule has 1 atom stereocenters. The summed E-state index contributed by atoms with van der Waals surface area (Å²) in [6.07, 6.45) is 0. The van der Waals surface area contributed by atoms with Crippen molar-refractivity contribution in [3.8, 4) is 6.07 Å². The van der Waals surface area contributed by atoms with Gasteiger partial charge in [0.05, 0.1) is 17.7 Å². The second-order valence-electron chi connectivity index (χ2n) is 7.10. The van der Waals surface area contributed by atoms with Crippen LogP contribution in [0.3, 0.4) is 0 Å². The van der Waals surface area contributed by atoms with Gasteiger partial charge in [-0.15, -0.1) is 0 Å². The van der Waals surface area contributed by atoms with Gasteiger partial charge in [0.1, 0.15) is 0 Å². The van der Waals surface area contributed by atoms with Gasteiger partial charge in [-0.2, -0.15) is 5.26 Å². The van der Waals surface area contributed by atoms with E-state index in [2.05, 4.69) is 53.2 Å². The number of nitrogens with zero attached hydrogens (tertiary/aromatic N) is 3. The Kier molecular flexibility index (Phi) is 5.78. The zero-order valence-electron chi connectivity index (χ0n) is 16.2. The third-order valence-electron chi connectivity index (χ3n) is 5.42. The molecule has 1 aliphatic heterocycles. The number of carbonyl (C=O) groups excluding carboxylic acids is 1. The lowest BCUT2D eigenvalue weighted by atomic mass is 10.1. The third-order valence-corrected chi connectivity index (χ3v) is 5.42. The van der Waals surface area contributed by atoms with Crippen LogP contribution < -0.4 is 10.2 Å². The Bertz CT molecular complexity index is 863. The van der Waals surface area contributed by atoms with Crippen LogP contribution in [0, 0.1) is 25.2 Å². The van der Waals surface area contributed by atoms with Crippen molar-refractivity contribution in [2.45, 2.75) is 26.8 Å². The molecule has 140 valence electrons. The van der Waals surface area contributed by atoms with E-state index < -0.39 is 0 Å². The van der Waals surface area contributed by atoms with Crippen molar-refractivity contribution < 1.29 is 4.79 Å². The zero-order chi connectivity index (χ0) is 19.4. The molecule has 0 aliphatic carbocycles. The minimum atomic E-state index is -0.212. The fourth-order valence-electron chi connectivity index (χ4n) is 3.51. The van der Waals surface area contributed by atoms with E-state index in [0.717, 1.165) is 26.2 Å². The number of benzene rings is 2. The number of hydrogen-bond donors (Lipinski definition) is 1. The molecule has 27 heavy (non-hydrogen) atoms. The van der Waals surface area contributed by atoms with Gasteiger partial charge < -0.3 is 10.2 Å². The summed E-state index contributed by atoms with van der Waals surface area (Å²) in [5, 5.41) is 11.9. The second kappa shape index (κ2) is 8.24. The van der Waals surface area contributed by atoms with Crippen molar-refractivity contribution in [2.24, 2.45) is 0 Å². The van der Waals surface area contributed by atoms with Gasteiger partial charge in [0, 0.05) is 37.6 Å². The highest BCUT2D eigenvalue weighted by Crippen LogP contribution is 2.24. The molecule has 0 bridgehead atoms. The maximum absolute atomic E-state index is 12.6. The summed E-state index contributed by atoms with van der Waals surface area (Å²) in [4.78, 5) is 17.2. The lowest BCUT2D eigenvalue weighted by molar-refractivity contribution is -0.120. The highest BCUT2D eigenvalue weighted by molar-refractivity contribution is 5.94. The third kappa shape index (κ3) is 4.29. The van der Waals surface area contributed by atoms with Gasteiger partial charge in [-0.25, -0.2) is 0 Å². The van der Waals surface area contributed by atoms with Gasteiger partial charge in [-0.1, -0.05) is 18.2 Å². The summed E-state index contributed by atoms with van der Waals surface area (Å²) in [7, 11) is 0. The number of anilines is 2. The smallest absolute Gasteiger partial charge is 0.241 e. The topological polar surface area (TPSA) is 59.4 Å². The van der Waals surface area contributed by atoms with Crippen LogP contribution in [0.1, 0.15) is 23.6 Å². The maximum Gasteiger partial charge on any atom is 0.241 e. The van der Waals surface area contributed by atoms with Crippen molar-refractivity contribution in [3.63, 3.8) is 0 Å². The number of hydrogen-bond acceptors (Lipinski definition) is 4. The van der Waals surface area contributed by atoms with Gasteiger partial charge >= 0.3 is 0 Å². The van der Waals surface area contributed by atoms with Gasteiger partial charge in [-0.05, 0) is 56.2 Å². The largest absolute Gasteiger partial charge is 0.369 e. The fourth-order valence-corrected chi connectivity index (χ4v) is 3.51. The van der Waals surface area contributed by atoms with Gasteiger partial charge in [-0.3, -0.25) is 9.69 Å². The first kappa shape index (κ1) is 18.9. The Morgan fingerprint density at radius 1 is 1.11 bits per heavy atom. The van der Waals surface area contributed by atoms with E-state index in [0.29, 0.717) is 11.3 Å². The summed E-state index contributed by atoms with van der Waals surface area (Å²) in [5.74, 6) is -0.0368. The first-order valence-corrected chi connectivity index (χ1v) is 9.36. The Hall–Kier alpha value is -2.84. The van der Waals surface area contributed by atoms with Crippen molar-refractivity contribution in [3.05, 3.63) is 59.2 Å². The van der Waals surface area contributed by atoms with Gasteiger partial charge in [0.25, 0.3) is 0 Å². The molecule has 0 unspecified atom stereocenters. The van der Waals surface area contributed by atoms with Gasteiger partial charge in [0.15, 0.2) is 0 Å². The van der Waals surface area contributed by atoms with Crippen LogP contribution in [0.15, 0.2) is 42.5 Å². The zero-order valence-corrected chi connectivity index (χ0v) is 16.2. The summed E-state index contributed by atoms with van der Waals surface area (Å²) in [5.41, 5.74) is 5.14. The Morgan fingerprint density at radius 3 is 2.52 bits per heavy atom. The monoisotopic (exact) mass is 362 g/mol. The number of carbonyl (C=O) groups is 1. The minimum Gasteiger partial charge on any atom is -0.369 e. The first-order valence-electron chi connectivity index (χ1n) is 9.36. The minimum absolute atomic E-state index is 0.0368. The Balaban J connectivity index is 1.59. The molecular formula is C22H26N4O. The van der Waals surface area contributed by atoms with E-state index in [-0.39, 0.29) is 11.9 Å². The molecule has 0 aromatic heterocycles. The predicted octanol–water partition coefficient (Wildman–Crippen LogP) is 3.32. The Labute approximate surface area is 161 Å². The molecule has 5 heteroatoms. The van der Waals surface area contributed by atoms with E-state index in [1.807, 2.05) is 13.0 Å². The van der Waals surface area contributed by atoms with Crippen LogP contribution in [-0.4, -0.2) is 43.0 Å². The average molecular weight is 362 g/mol. The van der Waals surface area contributed by atoms with Crippen LogP contribution in [0.5, 0.6) is 0 Å². The van der Waals surface area contributed by atoms with E-state index in [1.165, 1.54) is 16.8 Å². The number of nitrogens with one attached hydrogen (secondary N) is 1. The van der Waals surface area contributed by atoms with Crippen LogP contribution >= 0.6 is 0 Å². The lowest BCUT2D eigenvalue weighted by Gasteiger charge is -2.39. The summed E-state index contributed by atoms with van der Waals surface area (Å²) in [6, 6.07) is 15.3. The number of nitriles is 1. The van der Waals surface area contributed by atoms with Crippen LogP contribution in [0.2, 0.25) is 0 Å². The molecule has 1 saturated heterocycles. The molecule has 1 amide bonds. The molecule has 2 aromatic rings. The molecule has 2 aromatic carbocycles. The maximum atomic E-state index is 12.6. The Morgan fingerprint density at radius 2 is 1.81 bits per heavy atom. The first-order chi connectivity index (χ1) is 13.0. The molecular weight excluding hydrogens is 336 g/mol. The van der Waals surface area contributed by atoms with E-state index in [9.17, 15) is 4.79 Å². The van der Waals surface area contributed by atoms with E-state index >= 15 is 0 Å². The number of rotatable bonds is 4. The molecule has 0 saturated carbocycles. The predicted molar refractivity (Wildman–Crippen MR) is 109 cm³/mol. The highest BCUT2D eigenvalue weighted by Gasteiger charge is 2.26. The number of aryl methyl sites for hydroxylation is 1. The standard InChI is InChI=1S/C22H26N4O/c1-16-6-4-9-21(17(16)2)26-12-10-25(11-13-26)18(3)22(27)24-20-8-5-7-19(14-20)15-23/h4-9,14,18H,10-13H2,1-3H3,(H,24,27)/t18-/m0/s1. The molecule has 3 rings (SSSR count). The molecule has 0 spiro atoms.